The van der Waals surface area contributed by atoms with E-state index in [0.717, 1.165) is 49.0 Å². The average molecular weight is 593 g/mol. The molecular weight excluding hydrogens is 563 g/mol. The number of rotatable bonds is 10. The largest absolute Gasteiger partial charge is 0.490 e. The van der Waals surface area contributed by atoms with E-state index in [1.54, 1.807) is 18.3 Å². The highest BCUT2D eigenvalue weighted by atomic mass is 19.4. The minimum Gasteiger partial charge on any atom is -0.490 e. The maximum absolute atomic E-state index is 14.4. The summed E-state index contributed by atoms with van der Waals surface area (Å²) in [6.45, 7) is 1.16. The van der Waals surface area contributed by atoms with Gasteiger partial charge in [-0.25, -0.2) is 4.98 Å². The molecule has 14 heteroatoms. The Balaban J connectivity index is 0.00000423. The fourth-order valence-corrected chi connectivity index (χ4v) is 4.67. The van der Waals surface area contributed by atoms with Crippen molar-refractivity contribution in [3.8, 4) is 5.75 Å². The van der Waals surface area contributed by atoms with Crippen molar-refractivity contribution in [1.82, 2.24) is 20.1 Å². The van der Waals surface area contributed by atoms with Crippen molar-refractivity contribution in [2.45, 2.75) is 31.0 Å². The average Bonchev–Trinajstić information content (AvgIpc) is 3.63. The van der Waals surface area contributed by atoms with Crippen LogP contribution in [0.3, 0.4) is 0 Å². The highest BCUT2D eigenvalue weighted by molar-refractivity contribution is 6.08. The third-order valence-electron chi connectivity index (χ3n) is 6.79. The van der Waals surface area contributed by atoms with E-state index < -0.39 is 42.0 Å². The molecule has 0 spiro atoms. The summed E-state index contributed by atoms with van der Waals surface area (Å²) in [5.41, 5.74) is -0.105. The van der Waals surface area contributed by atoms with E-state index in [0.29, 0.717) is 11.8 Å². The molecule has 1 fully saturated rings. The Bertz CT molecular complexity index is 1560. The van der Waals surface area contributed by atoms with Crippen molar-refractivity contribution >= 4 is 34.0 Å². The van der Waals surface area contributed by atoms with Crippen molar-refractivity contribution in [3.05, 3.63) is 72.1 Å². The van der Waals surface area contributed by atoms with Crippen molar-refractivity contribution in [3.63, 3.8) is 0 Å². The molecule has 0 aliphatic carbocycles. The summed E-state index contributed by atoms with van der Waals surface area (Å²) in [4.78, 5) is 19.3. The van der Waals surface area contributed by atoms with E-state index in [9.17, 15) is 31.9 Å². The minimum atomic E-state index is -5.89. The quantitative estimate of drug-likeness (QED) is 0.175. The van der Waals surface area contributed by atoms with Gasteiger partial charge < -0.3 is 25.4 Å². The van der Waals surface area contributed by atoms with Gasteiger partial charge in [0.15, 0.2) is 0 Å². The smallest absolute Gasteiger partial charge is 0.458 e. The molecule has 2 aromatic carbocycles. The Morgan fingerprint density at radius 2 is 1.86 bits per heavy atom. The number of likely N-dealkylation sites (tertiary alicyclic amines) is 1. The van der Waals surface area contributed by atoms with Gasteiger partial charge in [0.05, 0.1) is 22.8 Å². The first kappa shape index (κ1) is 29.2. The number of amides is 1. The number of benzene rings is 2. The molecule has 9 nitrogen and oxygen atoms in total. The van der Waals surface area contributed by atoms with Gasteiger partial charge >= 0.3 is 12.1 Å². The summed E-state index contributed by atoms with van der Waals surface area (Å²) in [7, 11) is 0. The lowest BCUT2D eigenvalue weighted by molar-refractivity contribution is -0.289. The third kappa shape index (κ3) is 6.44. The number of H-pyrrole nitrogens is 1. The molecule has 224 valence electrons. The van der Waals surface area contributed by atoms with E-state index in [2.05, 4.69) is 25.8 Å². The summed E-state index contributed by atoms with van der Waals surface area (Å²) in [5.74, 6) is -6.58. The first-order valence-electron chi connectivity index (χ1n) is 13.1. The number of ether oxygens (including phenoxy) is 1. The molecule has 1 aliphatic rings. The number of hydrogen-bond donors (Lipinski definition) is 4. The van der Waals surface area contributed by atoms with Crippen molar-refractivity contribution in [2.24, 2.45) is 0 Å². The minimum absolute atomic E-state index is 0. The number of aliphatic hydroxyl groups is 1. The molecule has 2 aromatic heterocycles. The fourth-order valence-electron chi connectivity index (χ4n) is 4.67. The van der Waals surface area contributed by atoms with E-state index in [1.807, 2.05) is 11.0 Å². The van der Waals surface area contributed by atoms with E-state index in [-0.39, 0.29) is 25.0 Å². The Kier molecular flexibility index (Phi) is 8.27. The number of fused-ring (bicyclic) bond motifs is 1. The number of nitrogens with zero attached hydrogens (tertiary/aromatic N) is 3. The van der Waals surface area contributed by atoms with E-state index >= 15 is 0 Å². The second-order valence-electron chi connectivity index (χ2n) is 9.91. The maximum atomic E-state index is 14.4. The second-order valence-corrected chi connectivity index (χ2v) is 9.91. The molecule has 0 unspecified atom stereocenters. The molecule has 0 saturated carbocycles. The van der Waals surface area contributed by atoms with E-state index in [4.69, 9.17) is 4.74 Å². The van der Waals surface area contributed by atoms with Gasteiger partial charge in [0, 0.05) is 37.0 Å². The molecule has 5 rings (SSSR count). The number of halogens is 5. The molecule has 0 radical (unpaired) electrons. The highest BCUT2D eigenvalue weighted by Crippen LogP contribution is 2.47. The lowest BCUT2D eigenvalue weighted by atomic mass is 10.1. The zero-order chi connectivity index (χ0) is 29.9. The Hall–Kier alpha value is -4.30. The van der Waals surface area contributed by atoms with Gasteiger partial charge in [-0.2, -0.15) is 27.1 Å². The van der Waals surface area contributed by atoms with Gasteiger partial charge in [-0.3, -0.25) is 9.89 Å². The molecule has 1 saturated heterocycles. The highest BCUT2D eigenvalue weighted by Gasteiger charge is 2.60. The monoisotopic (exact) mass is 592 g/mol. The molecule has 3 heterocycles. The Morgan fingerprint density at radius 1 is 1.10 bits per heavy atom. The summed E-state index contributed by atoms with van der Waals surface area (Å²) in [5, 5.41) is 23.5. The van der Waals surface area contributed by atoms with Crippen LogP contribution in [0, 0.1) is 0 Å². The summed E-state index contributed by atoms with van der Waals surface area (Å²) < 4.78 is 73.8. The summed E-state index contributed by atoms with van der Waals surface area (Å²) in [6, 6.07) is 10.7. The standard InChI is InChI=1S/C28H27F5N6O3.H2/c29-27(30,28(31,32)33)22-8-7-19(13-24(22)42-16-20(40)15-39-10-1-2-11-39)37-26(41)21-4-3-9-34-25(21)36-18-6-5-17-14-35-38-23(17)12-18;/h3-9,12-14,20,40H,1-2,10-11,15-16H2,(H,34,36)(H,35,38)(H,37,41);1H/t20-;/m1./s1. The number of aliphatic hydroxyl groups excluding tert-OH is 1. The molecular formula is C28H29F5N6O3. The van der Waals surface area contributed by atoms with Crippen LogP contribution in [0.2, 0.25) is 0 Å². The molecule has 1 atom stereocenters. The van der Waals surface area contributed by atoms with Crippen LogP contribution < -0.4 is 15.4 Å². The Labute approximate surface area is 238 Å². The van der Waals surface area contributed by atoms with E-state index in [1.165, 1.54) is 18.3 Å². The lowest BCUT2D eigenvalue weighted by Crippen LogP contribution is -2.36. The molecule has 4 aromatic rings. The van der Waals surface area contributed by atoms with Gasteiger partial charge in [-0.15, -0.1) is 0 Å². The summed E-state index contributed by atoms with van der Waals surface area (Å²) >= 11 is 0. The van der Waals surface area contributed by atoms with Crippen molar-refractivity contribution in [1.29, 1.82) is 0 Å². The molecule has 1 aliphatic heterocycles. The molecule has 42 heavy (non-hydrogen) atoms. The topological polar surface area (TPSA) is 115 Å². The maximum Gasteiger partial charge on any atom is 0.458 e. The molecule has 4 N–H and O–H groups in total. The number of pyridine rings is 1. The first-order valence-corrected chi connectivity index (χ1v) is 13.1. The predicted octanol–water partition coefficient (Wildman–Crippen LogP) is 5.69. The van der Waals surface area contributed by atoms with Crippen LogP contribution in [0.15, 0.2) is 60.9 Å². The van der Waals surface area contributed by atoms with Crippen LogP contribution in [0.1, 0.15) is 30.2 Å². The number of aromatic amines is 1. The van der Waals surface area contributed by atoms with Gasteiger partial charge in [-0.1, -0.05) is 0 Å². The number of nitrogens with one attached hydrogen (secondary N) is 3. The zero-order valence-electron chi connectivity index (χ0n) is 22.1. The number of hydrogen-bond acceptors (Lipinski definition) is 7. The van der Waals surface area contributed by atoms with Crippen molar-refractivity contribution < 1.29 is 38.0 Å². The van der Waals surface area contributed by atoms with Gasteiger partial charge in [0.25, 0.3) is 5.91 Å². The van der Waals surface area contributed by atoms with Gasteiger partial charge in [0.1, 0.15) is 24.3 Å². The first-order chi connectivity index (χ1) is 20.0. The Morgan fingerprint density at radius 3 is 2.62 bits per heavy atom. The number of carbonyl (C=O) groups excluding carboxylic acids is 1. The number of aromatic nitrogens is 3. The second kappa shape index (κ2) is 11.9. The molecule has 0 bridgehead atoms. The van der Waals surface area contributed by atoms with Crippen LogP contribution >= 0.6 is 0 Å². The number of β-amino-alcohol motifs (C(OH)–C–C–N with tert-alkyl or cyclic N) is 1. The molecule has 1 amide bonds. The van der Waals surface area contributed by atoms with Crippen LogP contribution in [-0.2, 0) is 5.92 Å². The third-order valence-corrected chi connectivity index (χ3v) is 6.79. The number of anilines is 3. The van der Waals surface area contributed by atoms with Gasteiger partial charge in [0.2, 0.25) is 0 Å². The zero-order valence-corrected chi connectivity index (χ0v) is 22.1. The number of carbonyl (C=O) groups is 1. The number of alkyl halides is 5. The van der Waals surface area contributed by atoms with Crippen molar-refractivity contribution in [2.75, 3.05) is 36.9 Å². The normalized spacial score (nSPS) is 15.1. The SMILES string of the molecule is O=C(Nc1ccc(C(F)(F)C(F)(F)F)c(OC[C@H](O)CN2CCCC2)c1)c1cccnc1Nc1ccc2cn[nH]c2c1.[HH]. The fraction of sp³-hybridized carbons (Fsp3) is 0.321. The van der Waals surface area contributed by atoms with Crippen LogP contribution in [0.4, 0.5) is 39.1 Å². The lowest BCUT2D eigenvalue weighted by Gasteiger charge is -2.24. The predicted molar refractivity (Wildman–Crippen MR) is 147 cm³/mol. The van der Waals surface area contributed by atoms with Crippen LogP contribution in [0.5, 0.6) is 5.75 Å². The van der Waals surface area contributed by atoms with Crippen LogP contribution in [0.25, 0.3) is 10.9 Å². The van der Waals surface area contributed by atoms with Gasteiger partial charge in [-0.05, 0) is 68.4 Å². The summed E-state index contributed by atoms with van der Waals surface area (Å²) in [6.07, 6.45) is -2.00. The van der Waals surface area contributed by atoms with Crippen LogP contribution in [-0.4, -0.2) is 69.6 Å².